The Labute approximate surface area is 161 Å². The van der Waals surface area contributed by atoms with Gasteiger partial charge in [0.05, 0.1) is 49.2 Å². The molecule has 0 aromatic carbocycles. The van der Waals surface area contributed by atoms with Crippen molar-refractivity contribution >= 4 is 5.82 Å². The van der Waals surface area contributed by atoms with Crippen LogP contribution in [0.4, 0.5) is 10.2 Å². The first-order valence-electron chi connectivity index (χ1n) is 8.74. The van der Waals surface area contributed by atoms with Crippen LogP contribution in [0.1, 0.15) is 30.1 Å². The smallest absolute Gasteiger partial charge is 0.228 e. The van der Waals surface area contributed by atoms with Crippen molar-refractivity contribution in [2.75, 3.05) is 25.3 Å². The van der Waals surface area contributed by atoms with Gasteiger partial charge in [-0.1, -0.05) is 0 Å². The number of hydrogen-bond donors (Lipinski definition) is 4. The SMILES string of the molecule is N#Cc1cnc(NC2CC(c3c(OCF)cncc3OCCCN)NN2)cn1. The number of hydrazine groups is 1. The molecule has 2 unspecified atom stereocenters. The lowest BCUT2D eigenvalue weighted by molar-refractivity contribution is 0.186. The molecule has 3 heterocycles. The van der Waals surface area contributed by atoms with E-state index < -0.39 is 6.86 Å². The predicted octanol–water partition coefficient (Wildman–Crippen LogP) is 0.754. The molecule has 1 aliphatic heterocycles. The molecule has 11 heteroatoms. The van der Waals surface area contributed by atoms with Crippen LogP contribution in [0.3, 0.4) is 0 Å². The zero-order chi connectivity index (χ0) is 19.8. The molecule has 0 saturated carbocycles. The monoisotopic (exact) mass is 388 g/mol. The molecule has 28 heavy (non-hydrogen) atoms. The summed E-state index contributed by atoms with van der Waals surface area (Å²) in [4.78, 5) is 12.2. The third kappa shape index (κ3) is 4.80. The molecule has 148 valence electrons. The van der Waals surface area contributed by atoms with Crippen LogP contribution in [0.15, 0.2) is 24.8 Å². The van der Waals surface area contributed by atoms with E-state index in [1.165, 1.54) is 18.6 Å². The van der Waals surface area contributed by atoms with Crippen molar-refractivity contribution in [1.82, 2.24) is 25.8 Å². The van der Waals surface area contributed by atoms with Crippen molar-refractivity contribution in [3.8, 4) is 17.6 Å². The van der Waals surface area contributed by atoms with Gasteiger partial charge in [-0.05, 0) is 13.0 Å². The third-order valence-electron chi connectivity index (χ3n) is 4.07. The van der Waals surface area contributed by atoms with Crippen LogP contribution < -0.4 is 31.4 Å². The molecule has 0 amide bonds. The molecule has 10 nitrogen and oxygen atoms in total. The Balaban J connectivity index is 1.72. The average molecular weight is 388 g/mol. The van der Waals surface area contributed by atoms with Crippen molar-refractivity contribution < 1.29 is 13.9 Å². The molecular formula is C17H21FN8O2. The number of anilines is 1. The number of pyridine rings is 1. The summed E-state index contributed by atoms with van der Waals surface area (Å²) in [5, 5.41) is 12.0. The van der Waals surface area contributed by atoms with E-state index in [0.29, 0.717) is 48.9 Å². The number of aromatic nitrogens is 3. The molecule has 0 radical (unpaired) electrons. The lowest BCUT2D eigenvalue weighted by Gasteiger charge is -2.19. The van der Waals surface area contributed by atoms with Gasteiger partial charge < -0.3 is 20.5 Å². The maximum Gasteiger partial charge on any atom is 0.228 e. The summed E-state index contributed by atoms with van der Waals surface area (Å²) >= 11 is 0. The molecule has 2 atom stereocenters. The highest BCUT2D eigenvalue weighted by atomic mass is 19.1. The van der Waals surface area contributed by atoms with Crippen LogP contribution in [0.5, 0.6) is 11.5 Å². The van der Waals surface area contributed by atoms with Crippen molar-refractivity contribution in [2.45, 2.75) is 25.0 Å². The van der Waals surface area contributed by atoms with Gasteiger partial charge in [0, 0.05) is 6.42 Å². The molecule has 0 bridgehead atoms. The van der Waals surface area contributed by atoms with Gasteiger partial charge >= 0.3 is 0 Å². The Bertz CT molecular complexity index is 814. The lowest BCUT2D eigenvalue weighted by atomic mass is 10.0. The topological polar surface area (TPSA) is 143 Å². The van der Waals surface area contributed by atoms with Crippen molar-refractivity contribution in [2.24, 2.45) is 5.73 Å². The molecule has 5 N–H and O–H groups in total. The van der Waals surface area contributed by atoms with Gasteiger partial charge in [-0.3, -0.25) is 4.98 Å². The van der Waals surface area contributed by atoms with Gasteiger partial charge in [0.2, 0.25) is 6.86 Å². The van der Waals surface area contributed by atoms with Crippen molar-refractivity contribution in [3.05, 3.63) is 36.0 Å². The number of alkyl halides is 1. The second-order valence-electron chi connectivity index (χ2n) is 5.97. The Morgan fingerprint density at radius 3 is 2.71 bits per heavy atom. The maximum atomic E-state index is 12.8. The number of nitriles is 1. The van der Waals surface area contributed by atoms with Gasteiger partial charge in [-0.2, -0.15) is 5.26 Å². The molecule has 0 spiro atoms. The molecular weight excluding hydrogens is 367 g/mol. The minimum atomic E-state index is -0.969. The van der Waals surface area contributed by atoms with Crippen molar-refractivity contribution in [1.29, 1.82) is 5.26 Å². The number of halogens is 1. The van der Waals surface area contributed by atoms with Crippen molar-refractivity contribution in [3.63, 3.8) is 0 Å². The highest BCUT2D eigenvalue weighted by Gasteiger charge is 2.30. The first-order chi connectivity index (χ1) is 13.7. The minimum Gasteiger partial charge on any atom is -0.491 e. The van der Waals surface area contributed by atoms with Crippen LogP contribution in [-0.2, 0) is 0 Å². The third-order valence-corrected chi connectivity index (χ3v) is 4.07. The van der Waals surface area contributed by atoms with E-state index in [4.69, 9.17) is 20.5 Å². The quantitative estimate of drug-likeness (QED) is 0.454. The fraction of sp³-hybridized carbons (Fsp3) is 0.412. The van der Waals surface area contributed by atoms with Crippen LogP contribution in [0.2, 0.25) is 0 Å². The molecule has 2 aromatic heterocycles. The molecule has 1 fully saturated rings. The second-order valence-corrected chi connectivity index (χ2v) is 5.97. The summed E-state index contributed by atoms with van der Waals surface area (Å²) in [7, 11) is 0. The van der Waals surface area contributed by atoms with Gasteiger partial charge in [0.25, 0.3) is 0 Å². The van der Waals surface area contributed by atoms with E-state index in [0.717, 1.165) is 0 Å². The number of rotatable bonds is 9. The van der Waals surface area contributed by atoms with Gasteiger partial charge in [-0.25, -0.2) is 25.2 Å². The van der Waals surface area contributed by atoms with Crippen LogP contribution in [0.25, 0.3) is 0 Å². The van der Waals surface area contributed by atoms with E-state index in [1.54, 1.807) is 6.20 Å². The zero-order valence-corrected chi connectivity index (χ0v) is 15.1. The van der Waals surface area contributed by atoms with E-state index in [-0.39, 0.29) is 17.9 Å². The maximum absolute atomic E-state index is 12.8. The lowest BCUT2D eigenvalue weighted by Crippen LogP contribution is -2.36. The van der Waals surface area contributed by atoms with Crippen LogP contribution in [0, 0.1) is 11.3 Å². The number of hydrogen-bond acceptors (Lipinski definition) is 10. The minimum absolute atomic E-state index is 0.185. The summed E-state index contributed by atoms with van der Waals surface area (Å²) in [5.41, 5.74) is 12.7. The first-order valence-corrected chi connectivity index (χ1v) is 8.74. The average Bonchev–Trinajstić information content (AvgIpc) is 3.17. The summed E-state index contributed by atoms with van der Waals surface area (Å²) in [6, 6.07) is 1.70. The van der Waals surface area contributed by atoms with Crippen LogP contribution in [-0.4, -0.2) is 41.1 Å². The second kappa shape index (κ2) is 9.75. The number of nitrogens with one attached hydrogen (secondary N) is 3. The van der Waals surface area contributed by atoms with E-state index >= 15 is 0 Å². The predicted molar refractivity (Wildman–Crippen MR) is 97.8 cm³/mol. The Morgan fingerprint density at radius 2 is 2.04 bits per heavy atom. The molecule has 3 rings (SSSR count). The van der Waals surface area contributed by atoms with Gasteiger partial charge in [0.1, 0.15) is 23.4 Å². The standard InChI is InChI=1S/C17H21FN8O2/c18-10-28-14-8-21-7-13(27-3-1-2-19)17(14)12-4-15(26-25-12)24-16-9-22-11(5-20)6-23-16/h6-9,12,15,25-26H,1-4,10,19H2,(H,23,24). The molecule has 0 aliphatic carbocycles. The molecule has 1 aliphatic rings. The normalized spacial score (nSPS) is 18.5. The Kier molecular flexibility index (Phi) is 6.85. The van der Waals surface area contributed by atoms with Gasteiger partial charge in [0.15, 0.2) is 5.69 Å². The van der Waals surface area contributed by atoms with E-state index in [1.807, 2.05) is 6.07 Å². The summed E-state index contributed by atoms with van der Waals surface area (Å²) < 4.78 is 23.7. The Morgan fingerprint density at radius 1 is 1.21 bits per heavy atom. The largest absolute Gasteiger partial charge is 0.491 e. The Hall–Kier alpha value is -3.07. The fourth-order valence-corrected chi connectivity index (χ4v) is 2.81. The molecule has 1 saturated heterocycles. The number of nitrogens with two attached hydrogens (primary N) is 1. The summed E-state index contributed by atoms with van der Waals surface area (Å²) in [6.07, 6.45) is 6.99. The summed E-state index contributed by atoms with van der Waals surface area (Å²) in [6.45, 7) is -0.0409. The van der Waals surface area contributed by atoms with Gasteiger partial charge in [-0.15, -0.1) is 0 Å². The highest BCUT2D eigenvalue weighted by Crippen LogP contribution is 2.37. The zero-order valence-electron chi connectivity index (χ0n) is 15.1. The number of ether oxygens (including phenoxy) is 2. The number of nitrogens with zero attached hydrogens (tertiary/aromatic N) is 4. The molecule has 2 aromatic rings. The fourth-order valence-electron chi connectivity index (χ4n) is 2.81. The van der Waals surface area contributed by atoms with E-state index in [2.05, 4.69) is 31.1 Å². The highest BCUT2D eigenvalue weighted by molar-refractivity contribution is 5.45. The summed E-state index contributed by atoms with van der Waals surface area (Å²) in [5.74, 6) is 1.34. The van der Waals surface area contributed by atoms with E-state index in [9.17, 15) is 4.39 Å². The van der Waals surface area contributed by atoms with Crippen LogP contribution >= 0.6 is 0 Å². The first kappa shape index (κ1) is 19.7.